The van der Waals surface area contributed by atoms with Crippen molar-refractivity contribution in [3.63, 3.8) is 0 Å². The molecule has 0 aliphatic rings. The molecular weight excluding hydrogens is 208 g/mol. The van der Waals surface area contributed by atoms with Crippen LogP contribution in [-0.4, -0.2) is 30.7 Å². The molecule has 0 saturated carbocycles. The van der Waals surface area contributed by atoms with Crippen LogP contribution in [0.3, 0.4) is 0 Å². The first-order chi connectivity index (χ1) is 7.24. The van der Waals surface area contributed by atoms with E-state index >= 15 is 0 Å². The second-order valence-corrected chi connectivity index (χ2v) is 4.76. The third-order valence-electron chi connectivity index (χ3n) is 1.85. The SMILES string of the molecule is CNC(=O)CCC(C)NC(=O)OC(C)(C)C. The van der Waals surface area contributed by atoms with Gasteiger partial charge >= 0.3 is 6.09 Å². The second-order valence-electron chi connectivity index (χ2n) is 4.76. The average Bonchev–Trinajstić information content (AvgIpc) is 2.10. The number of amides is 2. The molecular formula is C11H22N2O3. The molecule has 1 unspecified atom stereocenters. The van der Waals surface area contributed by atoms with E-state index in [1.807, 2.05) is 27.7 Å². The third kappa shape index (κ3) is 8.08. The lowest BCUT2D eigenvalue weighted by atomic mass is 10.2. The van der Waals surface area contributed by atoms with Crippen LogP contribution in [0.2, 0.25) is 0 Å². The fourth-order valence-electron chi connectivity index (χ4n) is 1.05. The summed E-state index contributed by atoms with van der Waals surface area (Å²) >= 11 is 0. The number of alkyl carbamates (subject to hydrolysis) is 1. The first-order valence-electron chi connectivity index (χ1n) is 5.44. The van der Waals surface area contributed by atoms with Crippen molar-refractivity contribution in [1.82, 2.24) is 10.6 Å². The lowest BCUT2D eigenvalue weighted by Gasteiger charge is -2.21. The fraction of sp³-hybridized carbons (Fsp3) is 0.818. The molecule has 0 aliphatic carbocycles. The predicted molar refractivity (Wildman–Crippen MR) is 62.1 cm³/mol. The molecule has 16 heavy (non-hydrogen) atoms. The normalized spacial score (nSPS) is 12.8. The van der Waals surface area contributed by atoms with E-state index in [9.17, 15) is 9.59 Å². The summed E-state index contributed by atoms with van der Waals surface area (Å²) in [6.07, 6.45) is 0.545. The van der Waals surface area contributed by atoms with Crippen molar-refractivity contribution in [2.75, 3.05) is 7.05 Å². The molecule has 0 rings (SSSR count). The van der Waals surface area contributed by atoms with Crippen molar-refractivity contribution >= 4 is 12.0 Å². The number of carbonyl (C=O) groups is 2. The van der Waals surface area contributed by atoms with Gasteiger partial charge in [-0.15, -0.1) is 0 Å². The van der Waals surface area contributed by atoms with Crippen molar-refractivity contribution < 1.29 is 14.3 Å². The number of hydrogen-bond acceptors (Lipinski definition) is 3. The van der Waals surface area contributed by atoms with E-state index < -0.39 is 11.7 Å². The summed E-state index contributed by atoms with van der Waals surface area (Å²) in [7, 11) is 1.59. The van der Waals surface area contributed by atoms with E-state index in [1.54, 1.807) is 7.05 Å². The Morgan fingerprint density at radius 1 is 1.31 bits per heavy atom. The van der Waals surface area contributed by atoms with Crippen LogP contribution in [0.5, 0.6) is 0 Å². The van der Waals surface area contributed by atoms with Crippen LogP contribution in [0.15, 0.2) is 0 Å². The molecule has 2 amide bonds. The quantitative estimate of drug-likeness (QED) is 0.767. The Bertz CT molecular complexity index is 246. The largest absolute Gasteiger partial charge is 0.444 e. The molecule has 94 valence electrons. The summed E-state index contributed by atoms with van der Waals surface area (Å²) in [6, 6.07) is -0.0767. The maximum absolute atomic E-state index is 11.3. The van der Waals surface area contributed by atoms with Crippen molar-refractivity contribution in [2.45, 2.75) is 52.2 Å². The predicted octanol–water partition coefficient (Wildman–Crippen LogP) is 1.43. The van der Waals surface area contributed by atoms with E-state index in [1.165, 1.54) is 0 Å². The number of hydrogen-bond donors (Lipinski definition) is 2. The first-order valence-corrected chi connectivity index (χ1v) is 5.44. The van der Waals surface area contributed by atoms with Gasteiger partial charge in [0.05, 0.1) is 0 Å². The summed E-state index contributed by atoms with van der Waals surface area (Å²) in [6.45, 7) is 7.26. The van der Waals surface area contributed by atoms with Crippen LogP contribution < -0.4 is 10.6 Å². The number of nitrogens with one attached hydrogen (secondary N) is 2. The molecule has 0 fully saturated rings. The molecule has 5 nitrogen and oxygen atoms in total. The fourth-order valence-corrected chi connectivity index (χ4v) is 1.05. The molecule has 2 N–H and O–H groups in total. The minimum atomic E-state index is -0.495. The highest BCUT2D eigenvalue weighted by molar-refractivity contribution is 5.75. The van der Waals surface area contributed by atoms with Gasteiger partial charge in [0.2, 0.25) is 5.91 Å². The van der Waals surface area contributed by atoms with Gasteiger partial charge in [0.1, 0.15) is 5.60 Å². The lowest BCUT2D eigenvalue weighted by molar-refractivity contribution is -0.120. The van der Waals surface area contributed by atoms with Gasteiger partial charge in [-0.1, -0.05) is 0 Å². The summed E-state index contributed by atoms with van der Waals surface area (Å²) < 4.78 is 5.09. The van der Waals surface area contributed by atoms with Crippen LogP contribution >= 0.6 is 0 Å². The number of ether oxygens (including phenoxy) is 1. The second kappa shape index (κ2) is 6.35. The van der Waals surface area contributed by atoms with Gasteiger partial charge in [-0.25, -0.2) is 4.79 Å². The van der Waals surface area contributed by atoms with Gasteiger partial charge in [0.15, 0.2) is 0 Å². The van der Waals surface area contributed by atoms with Gasteiger partial charge in [-0.2, -0.15) is 0 Å². The van der Waals surface area contributed by atoms with Gasteiger partial charge in [-0.3, -0.25) is 4.79 Å². The Morgan fingerprint density at radius 2 is 1.88 bits per heavy atom. The topological polar surface area (TPSA) is 67.4 Å². The molecule has 0 heterocycles. The molecule has 5 heteroatoms. The third-order valence-corrected chi connectivity index (χ3v) is 1.85. The van der Waals surface area contributed by atoms with Gasteiger partial charge in [0, 0.05) is 19.5 Å². The van der Waals surface area contributed by atoms with Crippen molar-refractivity contribution in [2.24, 2.45) is 0 Å². The number of carbonyl (C=O) groups excluding carboxylic acids is 2. The molecule has 0 saturated heterocycles. The van der Waals surface area contributed by atoms with E-state index in [0.29, 0.717) is 12.8 Å². The Hall–Kier alpha value is -1.26. The van der Waals surface area contributed by atoms with Crippen LogP contribution in [0.4, 0.5) is 4.79 Å². The van der Waals surface area contributed by atoms with Gasteiger partial charge in [0.25, 0.3) is 0 Å². The molecule has 0 bridgehead atoms. The Morgan fingerprint density at radius 3 is 2.31 bits per heavy atom. The van der Waals surface area contributed by atoms with Crippen molar-refractivity contribution in [3.8, 4) is 0 Å². The highest BCUT2D eigenvalue weighted by Crippen LogP contribution is 2.07. The molecule has 0 aromatic heterocycles. The minimum absolute atomic E-state index is 0.0298. The standard InChI is InChI=1S/C11H22N2O3/c1-8(6-7-9(14)12-5)13-10(15)16-11(2,3)4/h8H,6-7H2,1-5H3,(H,12,14)(H,13,15). The van der Waals surface area contributed by atoms with Crippen LogP contribution in [0, 0.1) is 0 Å². The highest BCUT2D eigenvalue weighted by Gasteiger charge is 2.17. The lowest BCUT2D eigenvalue weighted by Crippen LogP contribution is -2.38. The van der Waals surface area contributed by atoms with Crippen LogP contribution in [0.25, 0.3) is 0 Å². The Kier molecular flexibility index (Phi) is 5.85. The van der Waals surface area contributed by atoms with Crippen LogP contribution in [0.1, 0.15) is 40.5 Å². The summed E-state index contributed by atoms with van der Waals surface area (Å²) in [4.78, 5) is 22.3. The van der Waals surface area contributed by atoms with Crippen molar-refractivity contribution in [1.29, 1.82) is 0 Å². The molecule has 0 aromatic carbocycles. The Labute approximate surface area is 96.9 Å². The van der Waals surface area contributed by atoms with E-state index in [-0.39, 0.29) is 11.9 Å². The first kappa shape index (κ1) is 14.7. The minimum Gasteiger partial charge on any atom is -0.444 e. The number of rotatable bonds is 4. The van der Waals surface area contributed by atoms with Gasteiger partial charge in [-0.05, 0) is 34.1 Å². The molecule has 0 spiro atoms. The zero-order valence-electron chi connectivity index (χ0n) is 10.7. The summed E-state index contributed by atoms with van der Waals surface area (Å²) in [5.74, 6) is -0.0298. The average molecular weight is 230 g/mol. The Balaban J connectivity index is 3.83. The maximum Gasteiger partial charge on any atom is 0.407 e. The monoisotopic (exact) mass is 230 g/mol. The van der Waals surface area contributed by atoms with E-state index in [4.69, 9.17) is 4.74 Å². The molecule has 0 radical (unpaired) electrons. The molecule has 1 atom stereocenters. The summed E-state index contributed by atoms with van der Waals surface area (Å²) in [5, 5.41) is 5.20. The molecule has 0 aliphatic heterocycles. The zero-order valence-corrected chi connectivity index (χ0v) is 10.7. The van der Waals surface area contributed by atoms with Gasteiger partial charge < -0.3 is 15.4 Å². The van der Waals surface area contributed by atoms with Crippen LogP contribution in [-0.2, 0) is 9.53 Å². The smallest absolute Gasteiger partial charge is 0.407 e. The van der Waals surface area contributed by atoms with E-state index in [0.717, 1.165) is 0 Å². The highest BCUT2D eigenvalue weighted by atomic mass is 16.6. The zero-order chi connectivity index (χ0) is 12.8. The van der Waals surface area contributed by atoms with Crippen molar-refractivity contribution in [3.05, 3.63) is 0 Å². The maximum atomic E-state index is 11.3. The van der Waals surface area contributed by atoms with E-state index in [2.05, 4.69) is 10.6 Å². The summed E-state index contributed by atoms with van der Waals surface area (Å²) in [5.41, 5.74) is -0.495. The molecule has 0 aromatic rings.